The number of aliphatic hydroxyl groups is 1. The number of amides is 1. The molecule has 0 aliphatic carbocycles. The Morgan fingerprint density at radius 2 is 2.53 bits per heavy atom. The third kappa shape index (κ3) is 2.66. The molecule has 0 spiro atoms. The van der Waals surface area contributed by atoms with Crippen molar-refractivity contribution in [2.45, 2.75) is 38.7 Å². The van der Waals surface area contributed by atoms with Gasteiger partial charge in [-0.1, -0.05) is 6.92 Å². The molecule has 1 unspecified atom stereocenters. The number of aliphatic hydroxyl groups excluding tert-OH is 1. The van der Waals surface area contributed by atoms with Gasteiger partial charge in [0, 0.05) is 25.4 Å². The summed E-state index contributed by atoms with van der Waals surface area (Å²) in [6, 6.07) is 1.89. The summed E-state index contributed by atoms with van der Waals surface area (Å²) in [5.74, 6) is 0.517. The number of nitrogens with one attached hydrogen (secondary N) is 1. The van der Waals surface area contributed by atoms with Gasteiger partial charge in [-0.05, 0) is 18.9 Å². The van der Waals surface area contributed by atoms with Crippen molar-refractivity contribution in [1.29, 1.82) is 0 Å². The minimum Gasteiger partial charge on any atom is -0.390 e. The van der Waals surface area contributed by atoms with Crippen LogP contribution in [0.25, 0.3) is 0 Å². The van der Waals surface area contributed by atoms with E-state index in [2.05, 4.69) is 10.2 Å². The van der Waals surface area contributed by atoms with Crippen LogP contribution in [-0.4, -0.2) is 39.2 Å². The quantitative estimate of drug-likeness (QED) is 0.824. The number of nitrogens with zero attached hydrogens (tertiary/aromatic N) is 2. The molecule has 0 saturated carbocycles. The van der Waals surface area contributed by atoms with E-state index in [0.717, 1.165) is 37.3 Å². The molecule has 5 heteroatoms. The number of H-pyrrole nitrogens is 1. The zero-order valence-corrected chi connectivity index (χ0v) is 10.1. The van der Waals surface area contributed by atoms with E-state index in [4.69, 9.17) is 5.11 Å². The molecule has 0 bridgehead atoms. The Morgan fingerprint density at radius 3 is 3.18 bits per heavy atom. The average molecular weight is 237 g/mol. The van der Waals surface area contributed by atoms with Gasteiger partial charge in [-0.2, -0.15) is 5.10 Å². The molecule has 2 rings (SSSR count). The van der Waals surface area contributed by atoms with Crippen molar-refractivity contribution in [3.63, 3.8) is 0 Å². The minimum atomic E-state index is -0.0165. The highest BCUT2D eigenvalue weighted by molar-refractivity contribution is 5.76. The maximum absolute atomic E-state index is 11.7. The van der Waals surface area contributed by atoms with Crippen molar-refractivity contribution in [2.24, 2.45) is 0 Å². The molecule has 1 saturated heterocycles. The van der Waals surface area contributed by atoms with Crippen molar-refractivity contribution in [3.05, 3.63) is 17.5 Å². The Balaban J connectivity index is 2.04. The van der Waals surface area contributed by atoms with E-state index >= 15 is 0 Å². The van der Waals surface area contributed by atoms with Crippen LogP contribution in [0.1, 0.15) is 43.5 Å². The minimum absolute atomic E-state index is 0.0165. The molecule has 1 aliphatic rings. The third-order valence-electron chi connectivity index (χ3n) is 3.32. The van der Waals surface area contributed by atoms with E-state index in [9.17, 15) is 4.79 Å². The molecule has 2 N–H and O–H groups in total. The van der Waals surface area contributed by atoms with Crippen LogP contribution < -0.4 is 0 Å². The fourth-order valence-corrected chi connectivity index (χ4v) is 2.34. The van der Waals surface area contributed by atoms with Crippen molar-refractivity contribution < 1.29 is 9.90 Å². The van der Waals surface area contributed by atoms with E-state index in [1.165, 1.54) is 0 Å². The zero-order chi connectivity index (χ0) is 12.3. The summed E-state index contributed by atoms with van der Waals surface area (Å²) in [4.78, 5) is 13.6. The first-order valence-corrected chi connectivity index (χ1v) is 6.17. The number of aromatic nitrogens is 2. The molecular weight excluding hydrogens is 218 g/mol. The molecule has 1 amide bonds. The Labute approximate surface area is 101 Å². The number of carbonyl (C=O) groups is 1. The topological polar surface area (TPSA) is 69.2 Å². The molecule has 1 fully saturated rings. The molecule has 2 heterocycles. The van der Waals surface area contributed by atoms with Gasteiger partial charge in [0.25, 0.3) is 0 Å². The van der Waals surface area contributed by atoms with E-state index in [1.54, 1.807) is 0 Å². The highest BCUT2D eigenvalue weighted by Gasteiger charge is 2.25. The number of piperidine rings is 1. The van der Waals surface area contributed by atoms with Crippen molar-refractivity contribution in [3.8, 4) is 0 Å². The summed E-state index contributed by atoms with van der Waals surface area (Å²) in [5, 5.41) is 16.0. The maximum atomic E-state index is 11.7. The first-order chi connectivity index (χ1) is 8.24. The lowest BCUT2D eigenvalue weighted by atomic mass is 9.94. The van der Waals surface area contributed by atoms with Gasteiger partial charge in [0.05, 0.1) is 18.0 Å². The summed E-state index contributed by atoms with van der Waals surface area (Å²) in [5.41, 5.74) is 1.70. The van der Waals surface area contributed by atoms with Crippen LogP contribution in [0.2, 0.25) is 0 Å². The predicted octanol–water partition coefficient (Wildman–Crippen LogP) is 1.02. The second-order valence-electron chi connectivity index (χ2n) is 4.51. The van der Waals surface area contributed by atoms with Gasteiger partial charge >= 0.3 is 0 Å². The fourth-order valence-electron chi connectivity index (χ4n) is 2.34. The summed E-state index contributed by atoms with van der Waals surface area (Å²) in [7, 11) is 0. The van der Waals surface area contributed by atoms with Crippen LogP contribution >= 0.6 is 0 Å². The van der Waals surface area contributed by atoms with Crippen molar-refractivity contribution in [2.75, 3.05) is 13.1 Å². The normalized spacial score (nSPS) is 20.6. The van der Waals surface area contributed by atoms with Gasteiger partial charge in [0.1, 0.15) is 0 Å². The fraction of sp³-hybridized carbons (Fsp3) is 0.667. The smallest absolute Gasteiger partial charge is 0.222 e. The summed E-state index contributed by atoms with van der Waals surface area (Å²) in [6.07, 6.45) is 2.65. The largest absolute Gasteiger partial charge is 0.390 e. The van der Waals surface area contributed by atoms with Crippen molar-refractivity contribution >= 4 is 5.91 Å². The van der Waals surface area contributed by atoms with Gasteiger partial charge in [0.2, 0.25) is 5.91 Å². The van der Waals surface area contributed by atoms with Crippen LogP contribution in [0.5, 0.6) is 0 Å². The monoisotopic (exact) mass is 237 g/mol. The van der Waals surface area contributed by atoms with Gasteiger partial charge in [-0.25, -0.2) is 0 Å². The maximum Gasteiger partial charge on any atom is 0.222 e. The zero-order valence-electron chi connectivity index (χ0n) is 10.1. The first-order valence-electron chi connectivity index (χ1n) is 6.17. The Morgan fingerprint density at radius 1 is 1.71 bits per heavy atom. The molecule has 1 aliphatic heterocycles. The second kappa shape index (κ2) is 5.31. The molecule has 17 heavy (non-hydrogen) atoms. The summed E-state index contributed by atoms with van der Waals surface area (Å²) >= 11 is 0. The molecular formula is C12H19N3O2. The average Bonchev–Trinajstić information content (AvgIpc) is 2.86. The number of aromatic amines is 1. The molecule has 1 aromatic heterocycles. The number of likely N-dealkylation sites (tertiary alicyclic amines) is 1. The molecule has 0 radical (unpaired) electrons. The van der Waals surface area contributed by atoms with E-state index < -0.39 is 0 Å². The van der Waals surface area contributed by atoms with E-state index in [0.29, 0.717) is 12.3 Å². The van der Waals surface area contributed by atoms with Crippen LogP contribution in [0.4, 0.5) is 0 Å². The SMILES string of the molecule is CCC(=O)N1CCCC(c2cc(CO)[nH]n2)C1. The van der Waals surface area contributed by atoms with Crippen LogP contribution in [0.3, 0.4) is 0 Å². The van der Waals surface area contributed by atoms with Crippen LogP contribution in [-0.2, 0) is 11.4 Å². The Bertz CT molecular complexity index is 389. The number of rotatable bonds is 3. The molecule has 0 aromatic carbocycles. The Hall–Kier alpha value is -1.36. The third-order valence-corrected chi connectivity index (χ3v) is 3.32. The molecule has 1 atom stereocenters. The lowest BCUT2D eigenvalue weighted by Crippen LogP contribution is -2.38. The number of hydrogen-bond acceptors (Lipinski definition) is 3. The summed E-state index contributed by atoms with van der Waals surface area (Å²) < 4.78 is 0. The lowest BCUT2D eigenvalue weighted by Gasteiger charge is -2.31. The van der Waals surface area contributed by atoms with E-state index in [1.807, 2.05) is 17.9 Å². The van der Waals surface area contributed by atoms with Gasteiger partial charge in [-0.15, -0.1) is 0 Å². The number of carbonyl (C=O) groups excluding carboxylic acids is 1. The van der Waals surface area contributed by atoms with Gasteiger partial charge in [-0.3, -0.25) is 9.89 Å². The second-order valence-corrected chi connectivity index (χ2v) is 4.51. The lowest BCUT2D eigenvalue weighted by molar-refractivity contribution is -0.132. The molecule has 5 nitrogen and oxygen atoms in total. The summed E-state index contributed by atoms with van der Waals surface area (Å²) in [6.45, 7) is 3.49. The molecule has 94 valence electrons. The molecule has 1 aromatic rings. The van der Waals surface area contributed by atoms with Crippen LogP contribution in [0.15, 0.2) is 6.07 Å². The first kappa shape index (κ1) is 12.1. The highest BCUT2D eigenvalue weighted by atomic mass is 16.3. The highest BCUT2D eigenvalue weighted by Crippen LogP contribution is 2.26. The van der Waals surface area contributed by atoms with Crippen LogP contribution in [0, 0.1) is 0 Å². The standard InChI is InChI=1S/C12H19N3O2/c1-2-12(17)15-5-3-4-9(7-15)11-6-10(8-16)13-14-11/h6,9,16H,2-5,7-8H2,1H3,(H,13,14). The van der Waals surface area contributed by atoms with Gasteiger partial charge in [0.15, 0.2) is 0 Å². The predicted molar refractivity (Wildman–Crippen MR) is 63.4 cm³/mol. The number of hydrogen-bond donors (Lipinski definition) is 2. The van der Waals surface area contributed by atoms with E-state index in [-0.39, 0.29) is 12.5 Å². The Kier molecular flexibility index (Phi) is 3.78. The van der Waals surface area contributed by atoms with Gasteiger partial charge < -0.3 is 10.0 Å². The van der Waals surface area contributed by atoms with Crippen molar-refractivity contribution in [1.82, 2.24) is 15.1 Å².